The van der Waals surface area contributed by atoms with E-state index in [2.05, 4.69) is 6.07 Å². The van der Waals surface area contributed by atoms with Crippen LogP contribution in [0.1, 0.15) is 11.6 Å². The summed E-state index contributed by atoms with van der Waals surface area (Å²) < 4.78 is 27.4. The number of rotatable bonds is 4. The number of hydrogen-bond acceptors (Lipinski definition) is 3. The van der Waals surface area contributed by atoms with E-state index >= 15 is 0 Å². The third-order valence-corrected chi connectivity index (χ3v) is 7.33. The van der Waals surface area contributed by atoms with Gasteiger partial charge in [-0.25, -0.2) is 8.42 Å². The molecule has 0 amide bonds. The summed E-state index contributed by atoms with van der Waals surface area (Å²) in [4.78, 5) is 5.05. The average molecular weight is 401 g/mol. The fraction of sp³-hybridized carbons (Fsp3) is 0.125. The van der Waals surface area contributed by atoms with Crippen LogP contribution in [0.5, 0.6) is 0 Å². The molecule has 1 fully saturated rings. The minimum absolute atomic E-state index is 0.137. The zero-order valence-corrected chi connectivity index (χ0v) is 16.6. The van der Waals surface area contributed by atoms with Gasteiger partial charge in [0.2, 0.25) is 10.0 Å². The summed E-state index contributed by atoms with van der Waals surface area (Å²) in [5, 5.41) is 1.10. The van der Waals surface area contributed by atoms with Crippen LogP contribution in [0.3, 0.4) is 0 Å². The molecule has 144 valence electrons. The molecule has 0 spiro atoms. The third kappa shape index (κ3) is 3.33. The maximum Gasteiger partial charge on any atom is 0.243 e. The van der Waals surface area contributed by atoms with Crippen LogP contribution in [0.15, 0.2) is 95.9 Å². The Morgan fingerprint density at radius 2 is 1.38 bits per heavy atom. The molecule has 5 heteroatoms. The van der Waals surface area contributed by atoms with E-state index in [9.17, 15) is 8.42 Å². The van der Waals surface area contributed by atoms with Crippen LogP contribution >= 0.6 is 0 Å². The van der Waals surface area contributed by atoms with Gasteiger partial charge in [-0.3, -0.25) is 4.98 Å². The molecule has 0 unspecified atom stereocenters. The molecule has 29 heavy (non-hydrogen) atoms. The molecule has 1 aliphatic rings. The van der Waals surface area contributed by atoms with Gasteiger partial charge in [0.05, 0.1) is 10.4 Å². The Morgan fingerprint density at radius 3 is 2.14 bits per heavy atom. The summed E-state index contributed by atoms with van der Waals surface area (Å²) in [5.74, 6) is 0.137. The lowest BCUT2D eigenvalue weighted by Gasteiger charge is -2.37. The zero-order valence-electron chi connectivity index (χ0n) is 15.8. The molecular formula is C24H20N2O2S. The Kier molecular flexibility index (Phi) is 4.42. The highest BCUT2D eigenvalue weighted by molar-refractivity contribution is 7.89. The predicted molar refractivity (Wildman–Crippen MR) is 115 cm³/mol. The second kappa shape index (κ2) is 7.10. The van der Waals surface area contributed by atoms with Gasteiger partial charge >= 0.3 is 0 Å². The first-order chi connectivity index (χ1) is 14.1. The number of pyridine rings is 1. The number of sulfonamides is 1. The highest BCUT2D eigenvalue weighted by Crippen LogP contribution is 2.32. The smallest absolute Gasteiger partial charge is 0.243 e. The fourth-order valence-corrected chi connectivity index (χ4v) is 5.26. The Hall–Kier alpha value is -3.02. The molecule has 0 aliphatic carbocycles. The van der Waals surface area contributed by atoms with E-state index in [1.165, 1.54) is 4.31 Å². The first-order valence-electron chi connectivity index (χ1n) is 9.62. The van der Waals surface area contributed by atoms with Crippen LogP contribution in [-0.4, -0.2) is 30.8 Å². The second-order valence-electron chi connectivity index (χ2n) is 7.34. The molecule has 0 N–H and O–H groups in total. The van der Waals surface area contributed by atoms with Crippen molar-refractivity contribution < 1.29 is 8.42 Å². The van der Waals surface area contributed by atoms with Crippen molar-refractivity contribution in [3.63, 3.8) is 0 Å². The molecule has 0 atom stereocenters. The van der Waals surface area contributed by atoms with Gasteiger partial charge in [-0.2, -0.15) is 4.31 Å². The topological polar surface area (TPSA) is 50.3 Å². The van der Waals surface area contributed by atoms with Gasteiger partial charge in [0.1, 0.15) is 0 Å². The molecule has 5 rings (SSSR count). The minimum Gasteiger partial charge on any atom is -0.252 e. The molecular weight excluding hydrogens is 380 g/mol. The van der Waals surface area contributed by atoms with Crippen LogP contribution in [0.4, 0.5) is 0 Å². The fourth-order valence-electron chi connectivity index (χ4n) is 3.73. The van der Waals surface area contributed by atoms with E-state index in [4.69, 9.17) is 4.98 Å². The van der Waals surface area contributed by atoms with Crippen molar-refractivity contribution in [2.75, 3.05) is 13.1 Å². The van der Waals surface area contributed by atoms with Crippen molar-refractivity contribution in [2.45, 2.75) is 10.8 Å². The number of fused-ring (bicyclic) bond motifs is 1. The van der Waals surface area contributed by atoms with Gasteiger partial charge < -0.3 is 0 Å². The molecule has 0 saturated carbocycles. The first-order valence-corrected chi connectivity index (χ1v) is 11.1. The van der Waals surface area contributed by atoms with Gasteiger partial charge in [0, 0.05) is 30.1 Å². The van der Waals surface area contributed by atoms with Crippen LogP contribution in [0, 0.1) is 0 Å². The van der Waals surface area contributed by atoms with E-state index in [0.717, 1.165) is 27.7 Å². The van der Waals surface area contributed by atoms with Gasteiger partial charge in [-0.05, 0) is 35.4 Å². The van der Waals surface area contributed by atoms with E-state index in [1.54, 1.807) is 12.1 Å². The van der Waals surface area contributed by atoms with Gasteiger partial charge in [-0.1, -0.05) is 66.7 Å². The summed E-state index contributed by atoms with van der Waals surface area (Å²) in [6, 6.07) is 29.1. The summed E-state index contributed by atoms with van der Waals surface area (Å²) in [7, 11) is -3.48. The second-order valence-corrected chi connectivity index (χ2v) is 9.28. The minimum atomic E-state index is -3.48. The van der Waals surface area contributed by atoms with Crippen molar-refractivity contribution in [2.24, 2.45) is 0 Å². The monoisotopic (exact) mass is 400 g/mol. The van der Waals surface area contributed by atoms with Crippen molar-refractivity contribution in [3.05, 3.63) is 96.7 Å². The van der Waals surface area contributed by atoms with E-state index in [0.29, 0.717) is 18.0 Å². The summed E-state index contributed by atoms with van der Waals surface area (Å²) >= 11 is 0. The van der Waals surface area contributed by atoms with Crippen molar-refractivity contribution in [1.82, 2.24) is 9.29 Å². The molecule has 3 aromatic carbocycles. The van der Waals surface area contributed by atoms with Gasteiger partial charge in [0.15, 0.2) is 0 Å². The number of hydrogen-bond donors (Lipinski definition) is 0. The first kappa shape index (κ1) is 18.0. The van der Waals surface area contributed by atoms with Crippen molar-refractivity contribution in [1.29, 1.82) is 0 Å². The highest BCUT2D eigenvalue weighted by Gasteiger charge is 2.38. The molecule has 2 heterocycles. The van der Waals surface area contributed by atoms with Crippen LogP contribution in [0.2, 0.25) is 0 Å². The van der Waals surface area contributed by atoms with E-state index in [-0.39, 0.29) is 5.92 Å². The molecule has 0 radical (unpaired) electrons. The number of nitrogens with zero attached hydrogens (tertiary/aromatic N) is 2. The summed E-state index contributed by atoms with van der Waals surface area (Å²) in [6.07, 6.45) is 0. The lowest BCUT2D eigenvalue weighted by atomic mass is 9.98. The third-order valence-electron chi connectivity index (χ3n) is 5.49. The van der Waals surface area contributed by atoms with Crippen LogP contribution in [0.25, 0.3) is 22.0 Å². The van der Waals surface area contributed by atoms with Crippen molar-refractivity contribution in [3.8, 4) is 11.1 Å². The largest absolute Gasteiger partial charge is 0.252 e. The maximum atomic E-state index is 13.0. The Balaban J connectivity index is 1.32. The molecule has 1 aliphatic heterocycles. The number of benzene rings is 3. The summed E-state index contributed by atoms with van der Waals surface area (Å²) in [6.45, 7) is 0.933. The Morgan fingerprint density at radius 1 is 0.724 bits per heavy atom. The Labute approximate surface area is 170 Å². The van der Waals surface area contributed by atoms with Crippen LogP contribution in [-0.2, 0) is 10.0 Å². The summed E-state index contributed by atoms with van der Waals surface area (Å²) in [5.41, 5.74) is 3.98. The number of para-hydroxylation sites is 1. The predicted octanol–water partition coefficient (Wildman–Crippen LogP) is 4.69. The van der Waals surface area contributed by atoms with E-state index < -0.39 is 10.0 Å². The maximum absolute atomic E-state index is 13.0. The normalized spacial score (nSPS) is 15.3. The average Bonchev–Trinajstić information content (AvgIpc) is 2.73. The Bertz CT molecular complexity index is 1260. The number of aromatic nitrogens is 1. The highest BCUT2D eigenvalue weighted by atomic mass is 32.2. The molecule has 0 bridgehead atoms. The standard InChI is InChI=1S/C24H20N2O2S/c27-29(28,22-13-10-19(11-14-22)18-6-2-1-3-7-18)26-16-21(17-26)24-15-12-20-8-4-5-9-23(20)25-24/h1-15,21H,16-17H2. The lowest BCUT2D eigenvalue weighted by Crippen LogP contribution is -2.48. The van der Waals surface area contributed by atoms with Crippen molar-refractivity contribution >= 4 is 20.9 Å². The van der Waals surface area contributed by atoms with Gasteiger partial charge in [0.25, 0.3) is 0 Å². The van der Waals surface area contributed by atoms with Gasteiger partial charge in [-0.15, -0.1) is 0 Å². The lowest BCUT2D eigenvalue weighted by molar-refractivity contribution is 0.260. The van der Waals surface area contributed by atoms with Crippen LogP contribution < -0.4 is 0 Å². The molecule has 4 nitrogen and oxygen atoms in total. The van der Waals surface area contributed by atoms with E-state index in [1.807, 2.05) is 72.8 Å². The molecule has 1 aromatic heterocycles. The quantitative estimate of drug-likeness (QED) is 0.499. The SMILES string of the molecule is O=S(=O)(c1ccc(-c2ccccc2)cc1)N1CC(c2ccc3ccccc3n2)C1. The zero-order chi connectivity index (χ0) is 19.8. The molecule has 4 aromatic rings. The molecule has 1 saturated heterocycles.